The number of rotatable bonds is 1. The number of hydrogen-bond donors (Lipinski definition) is 2. The van der Waals surface area contributed by atoms with Crippen LogP contribution in [0.2, 0.25) is 0 Å². The highest BCUT2D eigenvalue weighted by molar-refractivity contribution is 5.71. The minimum atomic E-state index is -2.85. The van der Waals surface area contributed by atoms with E-state index in [0.29, 0.717) is 0 Å². The Kier molecular flexibility index (Phi) is 2.04. The van der Waals surface area contributed by atoms with Gasteiger partial charge in [0.25, 0.3) is 0 Å². The third kappa shape index (κ3) is 5.13. The van der Waals surface area contributed by atoms with Gasteiger partial charge in [-0.1, -0.05) is 0 Å². The van der Waals surface area contributed by atoms with Gasteiger partial charge < -0.3 is 5.73 Å². The Morgan fingerprint density at radius 1 is 1.71 bits per heavy atom. The molecule has 0 saturated heterocycles. The number of hydrogen-bond acceptors (Lipinski definition) is 1. The van der Waals surface area contributed by atoms with Crippen LogP contribution in [0.4, 0.5) is 13.6 Å². The van der Waals surface area contributed by atoms with Gasteiger partial charge in [-0.2, -0.15) is 8.78 Å². The van der Waals surface area contributed by atoms with Gasteiger partial charge in [-0.05, 0) is 0 Å². The highest BCUT2D eigenvalue weighted by Crippen LogP contribution is 1.81. The molecule has 5 heteroatoms. The van der Waals surface area contributed by atoms with Crippen molar-refractivity contribution < 1.29 is 13.6 Å². The Morgan fingerprint density at radius 2 is 2.14 bits per heavy atom. The van der Waals surface area contributed by atoms with Crippen molar-refractivity contribution in [2.45, 2.75) is 6.55 Å². The Hall–Kier alpha value is -0.870. The van der Waals surface area contributed by atoms with E-state index in [2.05, 4.69) is 5.73 Å². The van der Waals surface area contributed by atoms with Crippen molar-refractivity contribution in [3.8, 4) is 0 Å². The van der Waals surface area contributed by atoms with Crippen molar-refractivity contribution in [1.29, 1.82) is 0 Å². The average molecular weight is 110 g/mol. The maximum absolute atomic E-state index is 10.9. The standard InChI is InChI=1S/C2H4F2N2O/c3-1(4)6-2(5)7/h1H,(H3,5,6,7). The first-order valence-electron chi connectivity index (χ1n) is 1.47. The van der Waals surface area contributed by atoms with Crippen LogP contribution in [-0.2, 0) is 0 Å². The normalized spacial score (nSPS) is 9.00. The summed E-state index contributed by atoms with van der Waals surface area (Å²) >= 11 is 0. The number of carbonyl (C=O) groups is 1. The third-order valence-electron chi connectivity index (χ3n) is 0.251. The summed E-state index contributed by atoms with van der Waals surface area (Å²) in [5, 5.41) is 1.11. The van der Waals surface area contributed by atoms with Crippen molar-refractivity contribution in [3.05, 3.63) is 0 Å². The molecule has 0 rings (SSSR count). The first kappa shape index (κ1) is 6.13. The second-order valence-electron chi connectivity index (χ2n) is 0.809. The van der Waals surface area contributed by atoms with E-state index in [-0.39, 0.29) is 0 Å². The minimum absolute atomic E-state index is 1.11. The van der Waals surface area contributed by atoms with Gasteiger partial charge in [0.1, 0.15) is 0 Å². The summed E-state index contributed by atoms with van der Waals surface area (Å²) in [6.07, 6.45) is 0. The number of carbonyl (C=O) groups excluding carboxylic acids is 1. The van der Waals surface area contributed by atoms with Gasteiger partial charge in [-0.25, -0.2) is 4.79 Å². The SMILES string of the molecule is NC(=O)NC(F)F. The molecule has 42 valence electrons. The molecule has 0 saturated carbocycles. The van der Waals surface area contributed by atoms with Crippen LogP contribution in [0.5, 0.6) is 0 Å². The van der Waals surface area contributed by atoms with Gasteiger partial charge in [-0.15, -0.1) is 0 Å². The van der Waals surface area contributed by atoms with E-state index in [0.717, 1.165) is 5.32 Å². The average Bonchev–Trinajstić information content (AvgIpc) is 1.27. The molecule has 7 heavy (non-hydrogen) atoms. The zero-order valence-corrected chi connectivity index (χ0v) is 3.32. The number of amides is 2. The first-order valence-corrected chi connectivity index (χ1v) is 1.47. The molecule has 0 spiro atoms. The molecule has 2 amide bonds. The maximum atomic E-state index is 10.9. The lowest BCUT2D eigenvalue weighted by molar-refractivity contribution is 0.118. The van der Waals surface area contributed by atoms with Crippen LogP contribution in [-0.4, -0.2) is 12.6 Å². The molecule has 0 aliphatic rings. The molecule has 0 unspecified atom stereocenters. The highest BCUT2D eigenvalue weighted by Gasteiger charge is 2.00. The number of urea groups is 1. The third-order valence-corrected chi connectivity index (χ3v) is 0.251. The molecule has 0 aromatic carbocycles. The van der Waals surface area contributed by atoms with E-state index in [9.17, 15) is 13.6 Å². The van der Waals surface area contributed by atoms with Gasteiger partial charge in [-0.3, -0.25) is 5.32 Å². The Bertz CT molecular complexity index is 74.1. The second-order valence-corrected chi connectivity index (χ2v) is 0.809. The van der Waals surface area contributed by atoms with Crippen molar-refractivity contribution in [2.75, 3.05) is 0 Å². The fraction of sp³-hybridized carbons (Fsp3) is 0.500. The van der Waals surface area contributed by atoms with Crippen LogP contribution < -0.4 is 11.1 Å². The summed E-state index contributed by atoms with van der Waals surface area (Å²) in [6.45, 7) is -2.85. The lowest BCUT2D eigenvalue weighted by atomic mass is 11.0. The van der Waals surface area contributed by atoms with Crippen molar-refractivity contribution in [2.24, 2.45) is 5.73 Å². The van der Waals surface area contributed by atoms with Crippen molar-refractivity contribution in [1.82, 2.24) is 5.32 Å². The number of primary amides is 1. The fourth-order valence-electron chi connectivity index (χ4n) is 0.108. The lowest BCUT2D eigenvalue weighted by Crippen LogP contribution is -2.33. The second kappa shape index (κ2) is 2.33. The first-order chi connectivity index (χ1) is 3.13. The molecule has 0 aliphatic carbocycles. The van der Waals surface area contributed by atoms with Crippen LogP contribution in [0.3, 0.4) is 0 Å². The molecule has 0 aromatic heterocycles. The summed E-state index contributed by atoms with van der Waals surface area (Å²) in [5.74, 6) is 0. The van der Waals surface area contributed by atoms with E-state index in [1.165, 1.54) is 0 Å². The quantitative estimate of drug-likeness (QED) is 0.454. The van der Waals surface area contributed by atoms with Gasteiger partial charge in [0.2, 0.25) is 0 Å². The Morgan fingerprint density at radius 3 is 2.14 bits per heavy atom. The fourth-order valence-corrected chi connectivity index (χ4v) is 0.108. The summed E-state index contributed by atoms with van der Waals surface area (Å²) in [7, 11) is 0. The van der Waals surface area contributed by atoms with E-state index in [4.69, 9.17) is 0 Å². The molecule has 0 aromatic rings. The maximum Gasteiger partial charge on any atom is 0.316 e. The van der Waals surface area contributed by atoms with Crippen LogP contribution in [0.1, 0.15) is 0 Å². The number of nitrogens with one attached hydrogen (secondary N) is 1. The lowest BCUT2D eigenvalue weighted by Gasteiger charge is -1.94. The molecular weight excluding hydrogens is 106 g/mol. The van der Waals surface area contributed by atoms with E-state index >= 15 is 0 Å². The van der Waals surface area contributed by atoms with Crippen LogP contribution >= 0.6 is 0 Å². The summed E-state index contributed by atoms with van der Waals surface area (Å²) in [5.41, 5.74) is 4.26. The van der Waals surface area contributed by atoms with Gasteiger partial charge >= 0.3 is 12.6 Å². The van der Waals surface area contributed by atoms with E-state index < -0.39 is 12.6 Å². The number of halogens is 2. The summed E-state index contributed by atoms with van der Waals surface area (Å²) in [4.78, 5) is 9.44. The smallest absolute Gasteiger partial charge is 0.316 e. The monoisotopic (exact) mass is 110 g/mol. The molecule has 0 heterocycles. The van der Waals surface area contributed by atoms with Crippen molar-refractivity contribution in [3.63, 3.8) is 0 Å². The van der Waals surface area contributed by atoms with Gasteiger partial charge in [0.05, 0.1) is 0 Å². The summed E-state index contributed by atoms with van der Waals surface area (Å²) < 4.78 is 21.7. The molecular formula is C2H4F2N2O. The minimum Gasteiger partial charge on any atom is -0.352 e. The Balaban J connectivity index is 3.13. The molecule has 0 bridgehead atoms. The topological polar surface area (TPSA) is 55.1 Å². The largest absolute Gasteiger partial charge is 0.352 e. The highest BCUT2D eigenvalue weighted by atomic mass is 19.3. The number of alkyl halides is 2. The van der Waals surface area contributed by atoms with Crippen LogP contribution in [0, 0.1) is 0 Å². The van der Waals surface area contributed by atoms with Gasteiger partial charge in [0.15, 0.2) is 0 Å². The van der Waals surface area contributed by atoms with Crippen LogP contribution in [0.25, 0.3) is 0 Å². The predicted octanol–water partition coefficient (Wildman–Crippen LogP) is -0.123. The van der Waals surface area contributed by atoms with Gasteiger partial charge in [0, 0.05) is 0 Å². The van der Waals surface area contributed by atoms with Crippen LogP contribution in [0.15, 0.2) is 0 Å². The molecule has 3 nitrogen and oxygen atoms in total. The molecule has 0 atom stereocenters. The van der Waals surface area contributed by atoms with E-state index in [1.807, 2.05) is 0 Å². The predicted molar refractivity (Wildman–Crippen MR) is 18.7 cm³/mol. The van der Waals surface area contributed by atoms with E-state index in [1.54, 1.807) is 0 Å². The molecule has 0 aliphatic heterocycles. The molecule has 0 fully saturated rings. The zero-order chi connectivity index (χ0) is 5.86. The van der Waals surface area contributed by atoms with Crippen molar-refractivity contribution >= 4 is 6.03 Å². The molecule has 0 radical (unpaired) electrons. The Labute approximate surface area is 38.5 Å². The zero-order valence-electron chi connectivity index (χ0n) is 3.32. The summed E-state index contributed by atoms with van der Waals surface area (Å²) in [6, 6.07) is -1.21. The number of nitrogens with two attached hydrogens (primary N) is 1. The molecule has 3 N–H and O–H groups in total.